The molecular formula is C24H29FN2O3. The van der Waals surface area contributed by atoms with Crippen LogP contribution < -0.4 is 0 Å². The molecule has 1 heterocycles. The third kappa shape index (κ3) is 4.99. The fraction of sp³-hybridized carbons (Fsp3) is 0.458. The monoisotopic (exact) mass is 412 g/mol. The summed E-state index contributed by atoms with van der Waals surface area (Å²) in [7, 11) is 0. The normalized spacial score (nSPS) is 22.0. The van der Waals surface area contributed by atoms with Crippen LogP contribution in [0.5, 0.6) is 0 Å². The Morgan fingerprint density at radius 1 is 1.03 bits per heavy atom. The molecular weight excluding hydrogens is 383 g/mol. The van der Waals surface area contributed by atoms with Crippen LogP contribution >= 0.6 is 0 Å². The number of likely N-dealkylation sites (tertiary alicyclic amines) is 1. The quantitative estimate of drug-likeness (QED) is 0.781. The van der Waals surface area contributed by atoms with Crippen molar-refractivity contribution in [2.45, 2.75) is 57.0 Å². The molecule has 2 atom stereocenters. The van der Waals surface area contributed by atoms with E-state index in [0.29, 0.717) is 19.1 Å². The number of halogens is 1. The number of rotatable bonds is 6. The minimum atomic E-state index is -0.629. The van der Waals surface area contributed by atoms with Gasteiger partial charge in [0.15, 0.2) is 0 Å². The number of nitrogens with zero attached hydrogens (tertiary/aromatic N) is 2. The van der Waals surface area contributed by atoms with Crippen LogP contribution in [0, 0.1) is 5.82 Å². The SMILES string of the molecule is O=C(OCc1ccccc1)N1C[C@H](O)[C@@H](N(Cc2ccc(F)cc2)C2CCCC2)C1. The molecule has 5 nitrogen and oxygen atoms in total. The Morgan fingerprint density at radius 3 is 2.43 bits per heavy atom. The van der Waals surface area contributed by atoms with Gasteiger partial charge in [0.1, 0.15) is 12.4 Å². The highest BCUT2D eigenvalue weighted by atomic mass is 19.1. The fourth-order valence-electron chi connectivity index (χ4n) is 4.61. The van der Waals surface area contributed by atoms with E-state index in [-0.39, 0.29) is 25.0 Å². The third-order valence-electron chi connectivity index (χ3n) is 6.22. The van der Waals surface area contributed by atoms with E-state index < -0.39 is 12.2 Å². The lowest BCUT2D eigenvalue weighted by Crippen LogP contribution is -2.47. The minimum Gasteiger partial charge on any atom is -0.445 e. The summed E-state index contributed by atoms with van der Waals surface area (Å²) in [4.78, 5) is 16.5. The first-order valence-corrected chi connectivity index (χ1v) is 10.7. The summed E-state index contributed by atoms with van der Waals surface area (Å²) in [5.74, 6) is -0.251. The second kappa shape index (κ2) is 9.58. The van der Waals surface area contributed by atoms with E-state index in [4.69, 9.17) is 4.74 Å². The van der Waals surface area contributed by atoms with Crippen molar-refractivity contribution in [1.82, 2.24) is 9.80 Å². The van der Waals surface area contributed by atoms with E-state index in [1.165, 1.54) is 25.0 Å². The second-order valence-electron chi connectivity index (χ2n) is 8.32. The van der Waals surface area contributed by atoms with Gasteiger partial charge in [0.05, 0.1) is 18.7 Å². The van der Waals surface area contributed by atoms with Crippen molar-refractivity contribution in [2.75, 3.05) is 13.1 Å². The highest BCUT2D eigenvalue weighted by Crippen LogP contribution is 2.30. The zero-order valence-corrected chi connectivity index (χ0v) is 17.1. The van der Waals surface area contributed by atoms with Crippen LogP contribution in [0.15, 0.2) is 54.6 Å². The van der Waals surface area contributed by atoms with Crippen LogP contribution in [0.2, 0.25) is 0 Å². The lowest BCUT2D eigenvalue weighted by molar-refractivity contribution is 0.0492. The Labute approximate surface area is 177 Å². The molecule has 0 unspecified atom stereocenters. The third-order valence-corrected chi connectivity index (χ3v) is 6.22. The second-order valence-corrected chi connectivity index (χ2v) is 8.32. The molecule has 0 aromatic heterocycles. The highest BCUT2D eigenvalue weighted by molar-refractivity contribution is 5.68. The number of aliphatic hydroxyl groups is 1. The zero-order chi connectivity index (χ0) is 20.9. The first-order valence-electron chi connectivity index (χ1n) is 10.7. The van der Waals surface area contributed by atoms with Crippen LogP contribution in [-0.4, -0.2) is 52.3 Å². The number of benzene rings is 2. The molecule has 2 aromatic rings. The lowest BCUT2D eigenvalue weighted by atomic mass is 10.1. The standard InChI is InChI=1S/C24H29FN2O3/c25-20-12-10-18(11-13-20)14-27(21-8-4-5-9-21)22-15-26(16-23(22)28)24(29)30-17-19-6-2-1-3-7-19/h1-3,6-7,10-13,21-23,28H,4-5,8-9,14-17H2/t22-,23-/m0/s1. The Morgan fingerprint density at radius 2 is 1.73 bits per heavy atom. The molecule has 30 heavy (non-hydrogen) atoms. The van der Waals surface area contributed by atoms with E-state index in [2.05, 4.69) is 4.90 Å². The summed E-state index contributed by atoms with van der Waals surface area (Å²) in [5.41, 5.74) is 1.95. The zero-order valence-electron chi connectivity index (χ0n) is 17.1. The van der Waals surface area contributed by atoms with Crippen LogP contribution in [-0.2, 0) is 17.9 Å². The number of amides is 1. The molecule has 4 rings (SSSR count). The van der Waals surface area contributed by atoms with Gasteiger partial charge in [-0.05, 0) is 36.1 Å². The summed E-state index contributed by atoms with van der Waals surface area (Å²) in [5, 5.41) is 10.8. The number of ether oxygens (including phenoxy) is 1. The molecule has 1 N–H and O–H groups in total. The van der Waals surface area contributed by atoms with Crippen molar-refractivity contribution in [3.63, 3.8) is 0 Å². The number of carbonyl (C=O) groups is 1. The van der Waals surface area contributed by atoms with Crippen LogP contribution in [0.3, 0.4) is 0 Å². The van der Waals surface area contributed by atoms with Crippen molar-refractivity contribution in [3.05, 3.63) is 71.5 Å². The highest BCUT2D eigenvalue weighted by Gasteiger charge is 2.41. The lowest BCUT2D eigenvalue weighted by Gasteiger charge is -2.35. The molecule has 0 spiro atoms. The molecule has 6 heteroatoms. The van der Waals surface area contributed by atoms with Gasteiger partial charge in [-0.2, -0.15) is 0 Å². The summed E-state index contributed by atoms with van der Waals surface area (Å²) < 4.78 is 18.8. The van der Waals surface area contributed by atoms with Gasteiger partial charge in [-0.1, -0.05) is 55.3 Å². The van der Waals surface area contributed by atoms with Gasteiger partial charge in [-0.3, -0.25) is 4.90 Å². The predicted octanol–water partition coefficient (Wildman–Crippen LogP) is 3.95. The minimum absolute atomic E-state index is 0.151. The van der Waals surface area contributed by atoms with E-state index in [9.17, 15) is 14.3 Å². The average molecular weight is 413 g/mol. The molecule has 1 amide bonds. The Kier molecular flexibility index (Phi) is 6.65. The summed E-state index contributed by atoms with van der Waals surface area (Å²) in [6.45, 7) is 1.57. The molecule has 1 aliphatic heterocycles. The maximum Gasteiger partial charge on any atom is 0.410 e. The van der Waals surface area contributed by atoms with Gasteiger partial charge >= 0.3 is 6.09 Å². The van der Waals surface area contributed by atoms with E-state index >= 15 is 0 Å². The number of hydrogen-bond donors (Lipinski definition) is 1. The molecule has 1 aliphatic carbocycles. The molecule has 2 fully saturated rings. The molecule has 0 bridgehead atoms. The van der Waals surface area contributed by atoms with Gasteiger partial charge in [0.2, 0.25) is 0 Å². The van der Waals surface area contributed by atoms with Crippen molar-refractivity contribution in [2.24, 2.45) is 0 Å². The van der Waals surface area contributed by atoms with Crippen LogP contribution in [0.4, 0.5) is 9.18 Å². The maximum absolute atomic E-state index is 13.3. The molecule has 2 aromatic carbocycles. The first-order chi connectivity index (χ1) is 14.6. The Hall–Kier alpha value is -2.44. The Balaban J connectivity index is 1.41. The smallest absolute Gasteiger partial charge is 0.410 e. The number of carbonyl (C=O) groups excluding carboxylic acids is 1. The van der Waals surface area contributed by atoms with Gasteiger partial charge in [-0.25, -0.2) is 9.18 Å². The van der Waals surface area contributed by atoms with Crippen molar-refractivity contribution < 1.29 is 19.0 Å². The van der Waals surface area contributed by atoms with Crippen molar-refractivity contribution in [3.8, 4) is 0 Å². The molecule has 160 valence electrons. The van der Waals surface area contributed by atoms with Gasteiger partial charge in [-0.15, -0.1) is 0 Å². The molecule has 1 saturated carbocycles. The Bertz CT molecular complexity index is 824. The summed E-state index contributed by atoms with van der Waals surface area (Å²) in [6, 6.07) is 16.3. The number of β-amino-alcohol motifs (C(OH)–C–C–N with tert-alkyl or cyclic N) is 1. The maximum atomic E-state index is 13.3. The van der Waals surface area contributed by atoms with Gasteiger partial charge in [0, 0.05) is 19.1 Å². The van der Waals surface area contributed by atoms with E-state index in [1.807, 2.05) is 30.3 Å². The van der Waals surface area contributed by atoms with Gasteiger partial charge in [0.25, 0.3) is 0 Å². The number of hydrogen-bond acceptors (Lipinski definition) is 4. The number of aliphatic hydroxyl groups excluding tert-OH is 1. The van der Waals surface area contributed by atoms with Gasteiger partial charge < -0.3 is 14.7 Å². The summed E-state index contributed by atoms with van der Waals surface area (Å²) in [6.07, 6.45) is 3.50. The summed E-state index contributed by atoms with van der Waals surface area (Å²) >= 11 is 0. The largest absolute Gasteiger partial charge is 0.445 e. The molecule has 2 aliphatic rings. The first kappa shape index (κ1) is 20.8. The molecule has 0 radical (unpaired) electrons. The van der Waals surface area contributed by atoms with Crippen molar-refractivity contribution in [1.29, 1.82) is 0 Å². The average Bonchev–Trinajstić information content (AvgIpc) is 3.43. The van der Waals surface area contributed by atoms with E-state index in [0.717, 1.165) is 24.0 Å². The van der Waals surface area contributed by atoms with Crippen LogP contribution in [0.1, 0.15) is 36.8 Å². The molecule has 1 saturated heterocycles. The van der Waals surface area contributed by atoms with Crippen LogP contribution in [0.25, 0.3) is 0 Å². The topological polar surface area (TPSA) is 53.0 Å². The van der Waals surface area contributed by atoms with Crippen molar-refractivity contribution >= 4 is 6.09 Å². The predicted molar refractivity (Wildman–Crippen MR) is 112 cm³/mol. The van der Waals surface area contributed by atoms with E-state index in [1.54, 1.807) is 17.0 Å². The fourth-order valence-corrected chi connectivity index (χ4v) is 4.61.